The van der Waals surface area contributed by atoms with Crippen molar-refractivity contribution >= 4 is 19.1 Å². The molecule has 0 amide bonds. The Hall–Kier alpha value is -2.52. The van der Waals surface area contributed by atoms with E-state index in [4.69, 9.17) is 9.47 Å². The molecule has 6 heteroatoms. The van der Waals surface area contributed by atoms with Crippen LogP contribution in [0, 0.1) is 13.8 Å². The minimum absolute atomic E-state index is 0.142. The molecular formula is C24H28O5P+. The fourth-order valence-corrected chi connectivity index (χ4v) is 6.25. The van der Waals surface area contributed by atoms with E-state index in [1.165, 1.54) is 14.2 Å². The van der Waals surface area contributed by atoms with Gasteiger partial charge in [-0.25, -0.2) is 4.79 Å². The molecule has 1 aliphatic rings. The van der Waals surface area contributed by atoms with Crippen LogP contribution in [-0.2, 0) is 4.57 Å². The molecule has 1 aliphatic carbocycles. The van der Waals surface area contributed by atoms with E-state index in [-0.39, 0.29) is 11.3 Å². The van der Waals surface area contributed by atoms with Gasteiger partial charge in [0.05, 0.1) is 14.2 Å². The summed E-state index contributed by atoms with van der Waals surface area (Å²) in [5.41, 5.74) is 1.83. The first-order chi connectivity index (χ1) is 14.4. The van der Waals surface area contributed by atoms with E-state index >= 15 is 0 Å². The van der Waals surface area contributed by atoms with Crippen LogP contribution < -0.4 is 9.47 Å². The summed E-state index contributed by atoms with van der Waals surface area (Å²) in [5.74, 6) is 0.419. The van der Waals surface area contributed by atoms with E-state index in [1.54, 1.807) is 18.2 Å². The Bertz CT molecular complexity index is 947. The minimum Gasteiger partial charge on any atom is -0.496 e. The maximum atomic E-state index is 13.9. The predicted octanol–water partition coefficient (Wildman–Crippen LogP) is 5.87. The molecule has 2 aromatic rings. The molecule has 3 rings (SSSR count). The molecule has 158 valence electrons. The Morgan fingerprint density at radius 3 is 1.83 bits per heavy atom. The van der Waals surface area contributed by atoms with Crippen molar-refractivity contribution in [1.82, 2.24) is 0 Å². The van der Waals surface area contributed by atoms with Crippen LogP contribution in [0.4, 0.5) is 0 Å². The second-order valence-electron chi connectivity index (χ2n) is 7.83. The molecule has 0 aliphatic heterocycles. The van der Waals surface area contributed by atoms with Gasteiger partial charge in [-0.3, -0.25) is 4.79 Å². The summed E-state index contributed by atoms with van der Waals surface area (Å²) in [5, 5.41) is -1.20. The zero-order valence-corrected chi connectivity index (χ0v) is 18.9. The Morgan fingerprint density at radius 2 is 1.33 bits per heavy atom. The van der Waals surface area contributed by atoms with Gasteiger partial charge in [-0.2, -0.15) is 0 Å². The van der Waals surface area contributed by atoms with Gasteiger partial charge in [-0.05, 0) is 49.9 Å². The highest BCUT2D eigenvalue weighted by molar-refractivity contribution is 7.67. The van der Waals surface area contributed by atoms with Gasteiger partial charge in [-0.15, -0.1) is 0 Å². The molecule has 1 fully saturated rings. The number of Topliss-reactive ketones (excluding diaryl/α,β-unsaturated/α-hetero) is 1. The topological polar surface area (TPSA) is 69.7 Å². The molecule has 0 radical (unpaired) electrons. The summed E-state index contributed by atoms with van der Waals surface area (Å²) in [7, 11) is 0.360. The van der Waals surface area contributed by atoms with Crippen molar-refractivity contribution in [1.29, 1.82) is 0 Å². The summed E-state index contributed by atoms with van der Waals surface area (Å²) in [6, 6.07) is 10.7. The third-order valence-electron chi connectivity index (χ3n) is 6.03. The summed E-state index contributed by atoms with van der Waals surface area (Å²) in [6.07, 6.45) is 3.40. The molecule has 0 saturated heterocycles. The number of hydrogen-bond donors (Lipinski definition) is 0. The highest BCUT2D eigenvalue weighted by atomic mass is 31.1. The molecule has 1 unspecified atom stereocenters. The maximum Gasteiger partial charge on any atom is 0.434 e. The smallest absolute Gasteiger partial charge is 0.434 e. The number of methoxy groups -OCH3 is 2. The van der Waals surface area contributed by atoms with Crippen LogP contribution in [0.15, 0.2) is 36.4 Å². The van der Waals surface area contributed by atoms with Crippen LogP contribution in [0.1, 0.15) is 63.9 Å². The van der Waals surface area contributed by atoms with E-state index in [2.05, 4.69) is 0 Å². The number of carbonyl (C=O) groups excluding carboxylic acids is 2. The lowest BCUT2D eigenvalue weighted by atomic mass is 9.80. The zero-order valence-electron chi connectivity index (χ0n) is 18.0. The number of ketones is 1. The van der Waals surface area contributed by atoms with Crippen molar-refractivity contribution in [2.45, 2.75) is 51.1 Å². The van der Waals surface area contributed by atoms with Gasteiger partial charge < -0.3 is 9.47 Å². The lowest BCUT2D eigenvalue weighted by Gasteiger charge is -2.27. The quantitative estimate of drug-likeness (QED) is 0.408. The molecule has 1 saturated carbocycles. The number of carbonyl (C=O) groups is 2. The minimum atomic E-state index is -2.55. The molecular weight excluding hydrogens is 399 g/mol. The van der Waals surface area contributed by atoms with E-state index in [0.717, 1.165) is 30.4 Å². The summed E-state index contributed by atoms with van der Waals surface area (Å²) < 4.78 is 24.6. The monoisotopic (exact) mass is 427 g/mol. The van der Waals surface area contributed by atoms with Crippen LogP contribution in [0.25, 0.3) is 0 Å². The summed E-state index contributed by atoms with van der Waals surface area (Å²) >= 11 is 0. The first-order valence-electron chi connectivity index (χ1n) is 10.2. The van der Waals surface area contributed by atoms with Gasteiger partial charge in [-0.1, -0.05) is 35.3 Å². The summed E-state index contributed by atoms with van der Waals surface area (Å²) in [6.45, 7) is 3.77. The second-order valence-corrected chi connectivity index (χ2v) is 9.68. The molecule has 30 heavy (non-hydrogen) atoms. The summed E-state index contributed by atoms with van der Waals surface area (Å²) in [4.78, 5) is 27.4. The molecule has 5 nitrogen and oxygen atoms in total. The van der Waals surface area contributed by atoms with E-state index in [1.807, 2.05) is 32.0 Å². The Balaban J connectivity index is 2.12. The SMILES string of the molecule is COc1cccc(OC)c1C(=O)[P+](=O)C1(C(=O)c2c(C)cccc2C)CCCCC1. The lowest BCUT2D eigenvalue weighted by Crippen LogP contribution is -2.39. The van der Waals surface area contributed by atoms with Crippen LogP contribution in [-0.4, -0.2) is 30.7 Å². The largest absolute Gasteiger partial charge is 0.496 e. The van der Waals surface area contributed by atoms with Gasteiger partial charge in [0.1, 0.15) is 11.5 Å². The first kappa shape index (κ1) is 22.2. The van der Waals surface area contributed by atoms with Gasteiger partial charge >= 0.3 is 13.3 Å². The van der Waals surface area contributed by atoms with Crippen molar-refractivity contribution < 1.29 is 23.6 Å². The second kappa shape index (κ2) is 9.09. The highest BCUT2D eigenvalue weighted by Gasteiger charge is 2.61. The third-order valence-corrected chi connectivity index (χ3v) is 8.05. The van der Waals surface area contributed by atoms with Crippen LogP contribution >= 0.6 is 7.80 Å². The Morgan fingerprint density at radius 1 is 0.833 bits per heavy atom. The van der Waals surface area contributed by atoms with Gasteiger partial charge in [0.2, 0.25) is 10.9 Å². The van der Waals surface area contributed by atoms with E-state index in [0.29, 0.717) is 29.9 Å². The fourth-order valence-electron chi connectivity index (χ4n) is 4.42. The third kappa shape index (κ3) is 3.79. The number of rotatable bonds is 7. The van der Waals surface area contributed by atoms with Crippen LogP contribution in [0.3, 0.4) is 0 Å². The zero-order chi connectivity index (χ0) is 21.9. The van der Waals surface area contributed by atoms with Crippen molar-refractivity contribution in [2.24, 2.45) is 0 Å². The molecule has 0 heterocycles. The molecule has 0 spiro atoms. The lowest BCUT2D eigenvalue weighted by molar-refractivity contribution is 0.0901. The highest BCUT2D eigenvalue weighted by Crippen LogP contribution is 2.54. The van der Waals surface area contributed by atoms with E-state index < -0.39 is 18.5 Å². The van der Waals surface area contributed by atoms with Crippen molar-refractivity contribution in [2.75, 3.05) is 14.2 Å². The van der Waals surface area contributed by atoms with Crippen LogP contribution in [0.5, 0.6) is 11.5 Å². The maximum absolute atomic E-state index is 13.9. The predicted molar refractivity (Wildman–Crippen MR) is 118 cm³/mol. The van der Waals surface area contributed by atoms with Gasteiger partial charge in [0, 0.05) is 18.4 Å². The van der Waals surface area contributed by atoms with Gasteiger partial charge in [0.15, 0.2) is 5.56 Å². The number of ether oxygens (including phenoxy) is 2. The average Bonchev–Trinajstić information content (AvgIpc) is 2.77. The molecule has 0 aromatic heterocycles. The average molecular weight is 427 g/mol. The van der Waals surface area contributed by atoms with Crippen molar-refractivity contribution in [3.8, 4) is 11.5 Å². The first-order valence-corrected chi connectivity index (χ1v) is 11.5. The molecule has 0 bridgehead atoms. The molecule has 1 atom stereocenters. The molecule has 2 aromatic carbocycles. The van der Waals surface area contributed by atoms with Gasteiger partial charge in [0.25, 0.3) is 0 Å². The van der Waals surface area contributed by atoms with Crippen molar-refractivity contribution in [3.05, 3.63) is 58.7 Å². The van der Waals surface area contributed by atoms with Crippen LogP contribution in [0.2, 0.25) is 0 Å². The normalized spacial score (nSPS) is 15.9. The Labute approximate surface area is 178 Å². The molecule has 0 N–H and O–H groups in total. The van der Waals surface area contributed by atoms with Crippen molar-refractivity contribution in [3.63, 3.8) is 0 Å². The number of aryl methyl sites for hydroxylation is 2. The Kier molecular flexibility index (Phi) is 6.72. The fraction of sp³-hybridized carbons (Fsp3) is 0.417. The number of hydrogen-bond acceptors (Lipinski definition) is 5. The number of benzene rings is 2. The van der Waals surface area contributed by atoms with E-state index in [9.17, 15) is 14.2 Å². The standard InChI is InChI=1S/C24H28O5P/c1-16-10-8-11-17(2)20(16)22(25)24(14-6-5-7-15-24)30(27)23(26)21-18(28-3)12-9-13-19(21)29-4/h8-13H,5-7,14-15H2,1-4H3/q+1.